The number of hydrogen-bond donors (Lipinski definition) is 0. The predicted molar refractivity (Wildman–Crippen MR) is 91.9 cm³/mol. The molecule has 0 aromatic heterocycles. The van der Waals surface area contributed by atoms with Crippen LogP contribution in [0.25, 0.3) is 0 Å². The van der Waals surface area contributed by atoms with Crippen LogP contribution in [0.5, 0.6) is 0 Å². The summed E-state index contributed by atoms with van der Waals surface area (Å²) in [4.78, 5) is 13.3. The highest BCUT2D eigenvalue weighted by molar-refractivity contribution is 7.90. The van der Waals surface area contributed by atoms with Gasteiger partial charge < -0.3 is 4.90 Å². The highest BCUT2D eigenvalue weighted by Crippen LogP contribution is 2.31. The van der Waals surface area contributed by atoms with Crippen LogP contribution in [0, 0.1) is 13.8 Å². The smallest absolute Gasteiger partial charge is 0.241 e. The third-order valence-electron chi connectivity index (χ3n) is 4.46. The molecule has 5 nitrogen and oxygen atoms in total. The van der Waals surface area contributed by atoms with Gasteiger partial charge in [-0.2, -0.15) is 0 Å². The zero-order valence-electron chi connectivity index (χ0n) is 14.5. The van der Waals surface area contributed by atoms with E-state index in [2.05, 4.69) is 32.0 Å². The molecule has 1 aliphatic heterocycles. The Bertz CT molecular complexity index is 678. The molecule has 2 rings (SSSR count). The van der Waals surface area contributed by atoms with Crippen molar-refractivity contribution in [3.8, 4) is 0 Å². The van der Waals surface area contributed by atoms with Crippen molar-refractivity contribution in [3.63, 3.8) is 0 Å². The fourth-order valence-corrected chi connectivity index (χ4v) is 4.85. The molecule has 1 aromatic rings. The summed E-state index contributed by atoms with van der Waals surface area (Å²) in [5, 5.41) is -1.03. The van der Waals surface area contributed by atoms with Crippen LogP contribution in [0.15, 0.2) is 18.2 Å². The number of amides is 1. The number of sulfonamides is 1. The number of rotatable bonds is 4. The van der Waals surface area contributed by atoms with Crippen LogP contribution in [-0.2, 0) is 14.8 Å². The molecule has 2 atom stereocenters. The number of carbonyl (C=O) groups is 1. The van der Waals surface area contributed by atoms with Crippen LogP contribution in [0.2, 0.25) is 0 Å². The van der Waals surface area contributed by atoms with Crippen molar-refractivity contribution in [3.05, 3.63) is 34.9 Å². The fourth-order valence-electron chi connectivity index (χ4n) is 3.19. The molecule has 0 N–H and O–H groups in total. The second-order valence-corrected chi connectivity index (χ2v) is 8.94. The van der Waals surface area contributed by atoms with E-state index in [1.807, 2.05) is 0 Å². The molecule has 23 heavy (non-hydrogen) atoms. The first-order valence-electron chi connectivity index (χ1n) is 7.91. The van der Waals surface area contributed by atoms with E-state index in [4.69, 9.17) is 0 Å². The van der Waals surface area contributed by atoms with Gasteiger partial charge in [0, 0.05) is 27.2 Å². The minimum Gasteiger partial charge on any atom is -0.348 e. The maximum absolute atomic E-state index is 12.7. The van der Waals surface area contributed by atoms with E-state index in [1.54, 1.807) is 14.1 Å². The quantitative estimate of drug-likeness (QED) is 0.842. The Morgan fingerprint density at radius 3 is 2.30 bits per heavy atom. The monoisotopic (exact) mass is 338 g/mol. The third kappa shape index (κ3) is 3.75. The highest BCUT2D eigenvalue weighted by Gasteiger charge is 2.39. The minimum atomic E-state index is -3.60. The van der Waals surface area contributed by atoms with Gasteiger partial charge in [-0.25, -0.2) is 12.7 Å². The van der Waals surface area contributed by atoms with Crippen molar-refractivity contribution in [2.75, 3.05) is 27.2 Å². The molecule has 1 saturated heterocycles. The van der Waals surface area contributed by atoms with Crippen LogP contribution in [0.4, 0.5) is 0 Å². The molecule has 1 fully saturated rings. The molecular weight excluding hydrogens is 312 g/mol. The van der Waals surface area contributed by atoms with E-state index >= 15 is 0 Å². The molecule has 0 saturated carbocycles. The summed E-state index contributed by atoms with van der Waals surface area (Å²) < 4.78 is 26.8. The Hall–Kier alpha value is -1.40. The lowest BCUT2D eigenvalue weighted by atomic mass is 9.95. The van der Waals surface area contributed by atoms with E-state index in [-0.39, 0.29) is 11.8 Å². The van der Waals surface area contributed by atoms with Crippen LogP contribution in [0.3, 0.4) is 0 Å². The van der Waals surface area contributed by atoms with Gasteiger partial charge in [0.05, 0.1) is 0 Å². The minimum absolute atomic E-state index is 0.199. The van der Waals surface area contributed by atoms with E-state index < -0.39 is 15.3 Å². The summed E-state index contributed by atoms with van der Waals surface area (Å²) in [5.74, 6) is -0.176. The summed E-state index contributed by atoms with van der Waals surface area (Å²) >= 11 is 0. The van der Waals surface area contributed by atoms with Crippen LogP contribution >= 0.6 is 0 Å². The third-order valence-corrected chi connectivity index (χ3v) is 6.61. The molecule has 1 amide bonds. The van der Waals surface area contributed by atoms with Gasteiger partial charge in [0.2, 0.25) is 15.9 Å². The molecule has 1 aliphatic rings. The first-order chi connectivity index (χ1) is 10.6. The van der Waals surface area contributed by atoms with E-state index in [0.29, 0.717) is 13.1 Å². The zero-order valence-corrected chi connectivity index (χ0v) is 15.4. The molecule has 6 heteroatoms. The number of benzene rings is 1. The summed E-state index contributed by atoms with van der Waals surface area (Å²) in [6, 6.07) is 6.37. The van der Waals surface area contributed by atoms with Crippen LogP contribution in [-0.4, -0.2) is 56.0 Å². The lowest BCUT2D eigenvalue weighted by Gasteiger charge is -2.23. The van der Waals surface area contributed by atoms with Gasteiger partial charge in [-0.15, -0.1) is 0 Å². The SMILES string of the molecule is Cc1cc(C)cc([C@@H]2CCN(S(=O)(=O)[C@@H](C)C(=O)N(C)C)C2)c1. The molecule has 0 spiro atoms. The van der Waals surface area contributed by atoms with Gasteiger partial charge in [-0.05, 0) is 38.7 Å². The average Bonchev–Trinajstić information content (AvgIpc) is 2.95. The van der Waals surface area contributed by atoms with Crippen molar-refractivity contribution < 1.29 is 13.2 Å². The first kappa shape index (κ1) is 17.9. The molecule has 128 valence electrons. The summed E-state index contributed by atoms with van der Waals surface area (Å²) in [5.41, 5.74) is 3.57. The summed E-state index contributed by atoms with van der Waals surface area (Å²) in [6.07, 6.45) is 0.797. The number of aryl methyl sites for hydroxylation is 2. The van der Waals surface area contributed by atoms with Gasteiger partial charge in [-0.3, -0.25) is 4.79 Å². The Labute approximate surface area is 139 Å². The Balaban J connectivity index is 2.17. The average molecular weight is 338 g/mol. The summed E-state index contributed by atoms with van der Waals surface area (Å²) in [6.45, 7) is 6.51. The van der Waals surface area contributed by atoms with Crippen molar-refractivity contribution in [2.24, 2.45) is 0 Å². The normalized spacial score (nSPS) is 20.5. The Morgan fingerprint density at radius 1 is 1.22 bits per heavy atom. The first-order valence-corrected chi connectivity index (χ1v) is 9.41. The standard InChI is InChI=1S/C17H26N2O3S/c1-12-8-13(2)10-16(9-12)15-6-7-19(11-15)23(21,22)14(3)17(20)18(4)5/h8-10,14-15H,6-7,11H2,1-5H3/t14-,15+/m0/s1. The number of carbonyl (C=O) groups excluding carboxylic acids is 1. The molecule has 0 bridgehead atoms. The molecule has 1 aromatic carbocycles. The maximum atomic E-state index is 12.7. The maximum Gasteiger partial charge on any atom is 0.241 e. The van der Waals surface area contributed by atoms with Crippen molar-refractivity contribution in [1.82, 2.24) is 9.21 Å². The van der Waals surface area contributed by atoms with Crippen LogP contribution < -0.4 is 0 Å². The lowest BCUT2D eigenvalue weighted by Crippen LogP contribution is -2.44. The van der Waals surface area contributed by atoms with Crippen molar-refractivity contribution in [1.29, 1.82) is 0 Å². The molecule has 1 heterocycles. The Morgan fingerprint density at radius 2 is 1.78 bits per heavy atom. The van der Waals surface area contributed by atoms with Gasteiger partial charge in [-0.1, -0.05) is 29.3 Å². The lowest BCUT2D eigenvalue weighted by molar-refractivity contribution is -0.128. The molecule has 0 radical (unpaired) electrons. The van der Waals surface area contributed by atoms with E-state index in [1.165, 1.54) is 32.8 Å². The number of hydrogen-bond acceptors (Lipinski definition) is 3. The Kier molecular flexibility index (Phi) is 5.16. The van der Waals surface area contributed by atoms with Crippen molar-refractivity contribution in [2.45, 2.75) is 38.4 Å². The van der Waals surface area contributed by atoms with Gasteiger partial charge in [0.15, 0.2) is 5.25 Å². The molecule has 0 unspecified atom stereocenters. The fraction of sp³-hybridized carbons (Fsp3) is 0.588. The molecular formula is C17H26N2O3S. The number of nitrogens with zero attached hydrogens (tertiary/aromatic N) is 2. The van der Waals surface area contributed by atoms with Crippen molar-refractivity contribution >= 4 is 15.9 Å². The van der Waals surface area contributed by atoms with Gasteiger partial charge in [0.25, 0.3) is 0 Å². The highest BCUT2D eigenvalue weighted by atomic mass is 32.2. The van der Waals surface area contributed by atoms with Gasteiger partial charge in [0.1, 0.15) is 0 Å². The van der Waals surface area contributed by atoms with Crippen LogP contribution in [0.1, 0.15) is 36.0 Å². The topological polar surface area (TPSA) is 57.7 Å². The van der Waals surface area contributed by atoms with Gasteiger partial charge >= 0.3 is 0 Å². The van der Waals surface area contributed by atoms with E-state index in [9.17, 15) is 13.2 Å². The second kappa shape index (κ2) is 6.61. The van der Waals surface area contributed by atoms with E-state index in [0.717, 1.165) is 6.42 Å². The zero-order chi connectivity index (χ0) is 17.4. The second-order valence-electron chi connectivity index (χ2n) is 6.68. The molecule has 0 aliphatic carbocycles. The predicted octanol–water partition coefficient (Wildman–Crippen LogP) is 1.90. The largest absolute Gasteiger partial charge is 0.348 e. The summed E-state index contributed by atoms with van der Waals surface area (Å²) in [7, 11) is -0.442.